The van der Waals surface area contributed by atoms with E-state index in [0.29, 0.717) is 23.8 Å². The monoisotopic (exact) mass is 435 g/mol. The van der Waals surface area contributed by atoms with Crippen molar-refractivity contribution in [2.24, 2.45) is 0 Å². The van der Waals surface area contributed by atoms with Crippen LogP contribution in [0.4, 0.5) is 0 Å². The van der Waals surface area contributed by atoms with Gasteiger partial charge in [0.15, 0.2) is 0 Å². The van der Waals surface area contributed by atoms with Crippen LogP contribution in [0.3, 0.4) is 0 Å². The summed E-state index contributed by atoms with van der Waals surface area (Å²) in [6.07, 6.45) is 1.90. The van der Waals surface area contributed by atoms with E-state index >= 15 is 0 Å². The number of rotatable bonds is 5. The fourth-order valence-electron chi connectivity index (χ4n) is 3.76. The lowest BCUT2D eigenvalue weighted by molar-refractivity contribution is 0.0712. The lowest BCUT2D eigenvalue weighted by Gasteiger charge is -2.31. The Kier molecular flexibility index (Phi) is 5.46. The maximum absolute atomic E-state index is 13.0. The number of ether oxygens (including phenoxy) is 1. The molecule has 30 heavy (non-hydrogen) atoms. The smallest absolute Gasteiger partial charge is 0.253 e. The van der Waals surface area contributed by atoms with Crippen molar-refractivity contribution in [3.63, 3.8) is 0 Å². The van der Waals surface area contributed by atoms with E-state index in [9.17, 15) is 4.79 Å². The summed E-state index contributed by atoms with van der Waals surface area (Å²) in [5, 5.41) is 3.16. The van der Waals surface area contributed by atoms with Crippen LogP contribution in [0, 0.1) is 0 Å². The van der Waals surface area contributed by atoms with Crippen LogP contribution in [0.25, 0.3) is 10.2 Å². The minimum Gasteiger partial charge on any atom is -0.487 e. The predicted molar refractivity (Wildman–Crippen MR) is 120 cm³/mol. The van der Waals surface area contributed by atoms with E-state index in [4.69, 9.17) is 9.72 Å². The number of amides is 1. The summed E-state index contributed by atoms with van der Waals surface area (Å²) in [7, 11) is 0. The standard InChI is InChI=1S/C23H21N3O2S2/c27-23(17-4-3-5-19(12-17)28-13-18-14-29-15-24-18)26-10-8-16(9-11-26)22-25-20-6-1-2-7-21(20)30-22/h1-7,12,14-16H,8-11,13H2. The second-order valence-corrected chi connectivity index (χ2v) is 9.16. The van der Waals surface area contributed by atoms with Gasteiger partial charge in [0.2, 0.25) is 0 Å². The molecule has 0 N–H and O–H groups in total. The minimum atomic E-state index is 0.0665. The highest BCUT2D eigenvalue weighted by Gasteiger charge is 2.26. The van der Waals surface area contributed by atoms with Gasteiger partial charge in [-0.2, -0.15) is 0 Å². The first-order chi connectivity index (χ1) is 14.8. The number of benzene rings is 2. The molecule has 2 aromatic carbocycles. The second kappa shape index (κ2) is 8.53. The minimum absolute atomic E-state index is 0.0665. The number of hydrogen-bond acceptors (Lipinski definition) is 6. The number of carbonyl (C=O) groups excluding carboxylic acids is 1. The van der Waals surface area contributed by atoms with E-state index in [1.54, 1.807) is 28.2 Å². The molecule has 1 amide bonds. The number of thiazole rings is 2. The molecule has 1 saturated heterocycles. The highest BCUT2D eigenvalue weighted by atomic mass is 32.1. The SMILES string of the molecule is O=C(c1cccc(OCc2cscn2)c1)N1CCC(c2nc3ccccc3s2)CC1. The van der Waals surface area contributed by atoms with Gasteiger partial charge in [0.05, 0.1) is 26.4 Å². The van der Waals surface area contributed by atoms with Crippen LogP contribution in [0.1, 0.15) is 39.8 Å². The first-order valence-corrected chi connectivity index (χ1v) is 11.8. The second-order valence-electron chi connectivity index (χ2n) is 7.38. The molecule has 5 nitrogen and oxygen atoms in total. The number of para-hydroxylation sites is 1. The molecule has 0 atom stereocenters. The number of nitrogens with zero attached hydrogens (tertiary/aromatic N) is 3. The zero-order valence-corrected chi connectivity index (χ0v) is 18.0. The van der Waals surface area contributed by atoms with Gasteiger partial charge in [0.1, 0.15) is 12.4 Å². The van der Waals surface area contributed by atoms with Crippen molar-refractivity contribution in [1.29, 1.82) is 0 Å². The van der Waals surface area contributed by atoms with Crippen molar-refractivity contribution in [1.82, 2.24) is 14.9 Å². The molecular formula is C23H21N3O2S2. The summed E-state index contributed by atoms with van der Waals surface area (Å²) in [4.78, 5) is 24.0. The maximum Gasteiger partial charge on any atom is 0.253 e. The normalized spacial score (nSPS) is 14.9. The third kappa shape index (κ3) is 4.08. The van der Waals surface area contributed by atoms with Gasteiger partial charge in [-0.3, -0.25) is 4.79 Å². The Labute approximate surface area is 183 Å². The van der Waals surface area contributed by atoms with Crippen LogP contribution in [0.15, 0.2) is 59.4 Å². The zero-order chi connectivity index (χ0) is 20.3. The van der Waals surface area contributed by atoms with Crippen molar-refractivity contribution in [2.45, 2.75) is 25.4 Å². The summed E-state index contributed by atoms with van der Waals surface area (Å²) in [6, 6.07) is 15.7. The highest BCUT2D eigenvalue weighted by molar-refractivity contribution is 7.18. The van der Waals surface area contributed by atoms with Crippen LogP contribution < -0.4 is 4.74 Å². The largest absolute Gasteiger partial charge is 0.487 e. The number of hydrogen-bond donors (Lipinski definition) is 0. The lowest BCUT2D eigenvalue weighted by Crippen LogP contribution is -2.37. The molecule has 0 bridgehead atoms. The number of carbonyl (C=O) groups is 1. The quantitative estimate of drug-likeness (QED) is 0.424. The summed E-state index contributed by atoms with van der Waals surface area (Å²) in [5.41, 5.74) is 4.43. The summed E-state index contributed by atoms with van der Waals surface area (Å²) >= 11 is 3.33. The number of fused-ring (bicyclic) bond motifs is 1. The van der Waals surface area contributed by atoms with Crippen LogP contribution in [0.5, 0.6) is 5.75 Å². The fourth-order valence-corrected chi connectivity index (χ4v) is 5.44. The average molecular weight is 436 g/mol. The third-order valence-electron chi connectivity index (χ3n) is 5.39. The molecule has 1 aliphatic heterocycles. The maximum atomic E-state index is 13.0. The van der Waals surface area contributed by atoms with Gasteiger partial charge in [-0.15, -0.1) is 22.7 Å². The topological polar surface area (TPSA) is 55.3 Å². The molecule has 0 unspecified atom stereocenters. The van der Waals surface area contributed by atoms with E-state index < -0.39 is 0 Å². The van der Waals surface area contributed by atoms with Crippen molar-refractivity contribution < 1.29 is 9.53 Å². The third-order valence-corrected chi connectivity index (χ3v) is 7.23. The summed E-state index contributed by atoms with van der Waals surface area (Å²) < 4.78 is 7.04. The van der Waals surface area contributed by atoms with Crippen molar-refractivity contribution >= 4 is 38.8 Å². The van der Waals surface area contributed by atoms with Crippen molar-refractivity contribution in [2.75, 3.05) is 13.1 Å². The Bertz CT molecular complexity index is 1120. The van der Waals surface area contributed by atoms with Gasteiger partial charge < -0.3 is 9.64 Å². The highest BCUT2D eigenvalue weighted by Crippen LogP contribution is 2.34. The van der Waals surface area contributed by atoms with Gasteiger partial charge in [0, 0.05) is 30.0 Å². The summed E-state index contributed by atoms with van der Waals surface area (Å²) in [6.45, 7) is 1.92. The van der Waals surface area contributed by atoms with Crippen LogP contribution in [0.2, 0.25) is 0 Å². The first-order valence-electron chi connectivity index (χ1n) is 10.0. The molecule has 0 saturated carbocycles. The van der Waals surface area contributed by atoms with Gasteiger partial charge in [0.25, 0.3) is 5.91 Å². The van der Waals surface area contributed by atoms with E-state index in [0.717, 1.165) is 37.1 Å². The number of piperidine rings is 1. The molecule has 3 heterocycles. The molecule has 0 aliphatic carbocycles. The molecule has 5 rings (SSSR count). The number of likely N-dealkylation sites (tertiary alicyclic amines) is 1. The number of aromatic nitrogens is 2. The molecule has 7 heteroatoms. The van der Waals surface area contributed by atoms with E-state index in [2.05, 4.69) is 23.2 Å². The Balaban J connectivity index is 1.21. The average Bonchev–Trinajstić information content (AvgIpc) is 3.47. The Morgan fingerprint density at radius 1 is 1.13 bits per heavy atom. The predicted octanol–water partition coefficient (Wildman–Crippen LogP) is 5.35. The Morgan fingerprint density at radius 2 is 2.00 bits per heavy atom. The molecular weight excluding hydrogens is 414 g/mol. The fraction of sp³-hybridized carbons (Fsp3) is 0.261. The van der Waals surface area contributed by atoms with Crippen molar-refractivity contribution in [3.05, 3.63) is 75.7 Å². The van der Waals surface area contributed by atoms with Crippen molar-refractivity contribution in [3.8, 4) is 5.75 Å². The first kappa shape index (κ1) is 19.2. The van der Waals surface area contributed by atoms with E-state index in [1.165, 1.54) is 9.71 Å². The van der Waals surface area contributed by atoms with Crippen LogP contribution in [-0.2, 0) is 6.61 Å². The zero-order valence-electron chi connectivity index (χ0n) is 16.4. The summed E-state index contributed by atoms with van der Waals surface area (Å²) in [5.74, 6) is 1.19. The molecule has 0 spiro atoms. The molecule has 0 radical (unpaired) electrons. The Morgan fingerprint density at radius 3 is 2.80 bits per heavy atom. The van der Waals surface area contributed by atoms with Gasteiger partial charge in [-0.25, -0.2) is 9.97 Å². The van der Waals surface area contributed by atoms with Gasteiger partial charge in [-0.1, -0.05) is 18.2 Å². The molecule has 2 aromatic heterocycles. The van der Waals surface area contributed by atoms with E-state index in [-0.39, 0.29) is 5.91 Å². The van der Waals surface area contributed by atoms with Gasteiger partial charge in [-0.05, 0) is 43.2 Å². The molecule has 1 fully saturated rings. The molecule has 4 aromatic rings. The van der Waals surface area contributed by atoms with Gasteiger partial charge >= 0.3 is 0 Å². The van der Waals surface area contributed by atoms with Crippen LogP contribution >= 0.6 is 22.7 Å². The van der Waals surface area contributed by atoms with E-state index in [1.807, 2.05) is 40.6 Å². The lowest BCUT2D eigenvalue weighted by atomic mass is 9.97. The Hall–Kier alpha value is -2.77. The van der Waals surface area contributed by atoms with Crippen LogP contribution in [-0.4, -0.2) is 33.9 Å². The molecule has 1 aliphatic rings. The molecule has 152 valence electrons.